The van der Waals surface area contributed by atoms with Crippen LogP contribution in [0.25, 0.3) is 0 Å². The number of nitrogens with one attached hydrogen (secondary N) is 1. The van der Waals surface area contributed by atoms with Gasteiger partial charge in [0, 0.05) is 10.6 Å². The van der Waals surface area contributed by atoms with Gasteiger partial charge in [0.05, 0.1) is 16.5 Å². The van der Waals surface area contributed by atoms with Gasteiger partial charge in [0.25, 0.3) is 0 Å². The second-order valence-electron chi connectivity index (χ2n) is 5.36. The van der Waals surface area contributed by atoms with E-state index in [9.17, 15) is 0 Å². The number of ether oxygens (including phenoxy) is 1. The maximum Gasteiger partial charge on any atom is 0.119 e. The molecule has 0 bridgehead atoms. The Hall–Kier alpha value is -1.19. The van der Waals surface area contributed by atoms with E-state index in [4.69, 9.17) is 16.3 Å². The Balaban J connectivity index is 1.69. The average Bonchev–Trinajstić information content (AvgIpc) is 2.92. The van der Waals surface area contributed by atoms with Crippen molar-refractivity contribution in [3.8, 4) is 5.75 Å². The maximum absolute atomic E-state index is 6.09. The molecule has 20 heavy (non-hydrogen) atoms. The summed E-state index contributed by atoms with van der Waals surface area (Å²) in [5.41, 5.74) is 2.49. The molecule has 1 aliphatic carbocycles. The van der Waals surface area contributed by atoms with Gasteiger partial charge in [-0.2, -0.15) is 0 Å². The molecule has 0 fully saturated rings. The number of halogens is 1. The van der Waals surface area contributed by atoms with Crippen molar-refractivity contribution in [3.05, 3.63) is 45.1 Å². The lowest BCUT2D eigenvalue weighted by Gasteiger charge is -2.15. The van der Waals surface area contributed by atoms with Crippen LogP contribution < -0.4 is 10.1 Å². The Morgan fingerprint density at radius 2 is 2.05 bits per heavy atom. The Morgan fingerprint density at radius 1 is 1.30 bits per heavy atom. The molecule has 0 amide bonds. The van der Waals surface area contributed by atoms with Crippen LogP contribution in [-0.2, 0) is 6.42 Å². The van der Waals surface area contributed by atoms with Crippen LogP contribution in [0.3, 0.4) is 0 Å². The fraction of sp³-hybridized carbons (Fsp3) is 0.375. The van der Waals surface area contributed by atoms with E-state index in [1.165, 1.54) is 10.4 Å². The van der Waals surface area contributed by atoms with Crippen molar-refractivity contribution < 1.29 is 4.74 Å². The van der Waals surface area contributed by atoms with Gasteiger partial charge >= 0.3 is 0 Å². The number of aryl methyl sites for hydroxylation is 1. The molecule has 2 aromatic rings. The minimum Gasteiger partial charge on any atom is -0.491 e. The predicted octanol–water partition coefficient (Wildman–Crippen LogP) is 5.29. The van der Waals surface area contributed by atoms with Crippen LogP contribution in [-0.4, -0.2) is 6.10 Å². The lowest BCUT2D eigenvalue weighted by Crippen LogP contribution is -2.07. The van der Waals surface area contributed by atoms with E-state index in [-0.39, 0.29) is 6.10 Å². The summed E-state index contributed by atoms with van der Waals surface area (Å²) < 4.78 is 6.55. The molecule has 0 spiro atoms. The normalized spacial score (nSPS) is 17.3. The number of benzene rings is 1. The van der Waals surface area contributed by atoms with Crippen LogP contribution >= 0.6 is 22.9 Å². The van der Waals surface area contributed by atoms with Crippen molar-refractivity contribution >= 4 is 28.6 Å². The summed E-state index contributed by atoms with van der Waals surface area (Å²) in [5, 5.41) is 3.58. The number of anilines is 1. The zero-order valence-electron chi connectivity index (χ0n) is 11.7. The summed E-state index contributed by atoms with van der Waals surface area (Å²) in [4.78, 5) is 1.42. The first-order chi connectivity index (χ1) is 9.61. The van der Waals surface area contributed by atoms with E-state index >= 15 is 0 Å². The van der Waals surface area contributed by atoms with Gasteiger partial charge in [-0.15, -0.1) is 11.3 Å². The van der Waals surface area contributed by atoms with Crippen molar-refractivity contribution in [2.45, 2.75) is 38.8 Å². The highest BCUT2D eigenvalue weighted by Crippen LogP contribution is 2.40. The van der Waals surface area contributed by atoms with E-state index < -0.39 is 0 Å². The van der Waals surface area contributed by atoms with Gasteiger partial charge in [-0.25, -0.2) is 0 Å². The fourth-order valence-corrected chi connectivity index (χ4v) is 3.94. The van der Waals surface area contributed by atoms with Crippen molar-refractivity contribution in [2.24, 2.45) is 0 Å². The Labute approximate surface area is 128 Å². The van der Waals surface area contributed by atoms with E-state index in [0.29, 0.717) is 6.04 Å². The van der Waals surface area contributed by atoms with Gasteiger partial charge in [0.2, 0.25) is 0 Å². The van der Waals surface area contributed by atoms with Gasteiger partial charge in [0.1, 0.15) is 5.75 Å². The number of rotatable bonds is 4. The average molecular weight is 308 g/mol. The number of thiophene rings is 1. The van der Waals surface area contributed by atoms with E-state index in [0.717, 1.165) is 28.6 Å². The summed E-state index contributed by atoms with van der Waals surface area (Å²) >= 11 is 7.80. The monoisotopic (exact) mass is 307 g/mol. The topological polar surface area (TPSA) is 21.3 Å². The molecule has 2 nitrogen and oxygen atoms in total. The molecule has 0 saturated carbocycles. The molecule has 4 heteroatoms. The minimum atomic E-state index is 0.208. The highest BCUT2D eigenvalue weighted by Gasteiger charge is 2.24. The van der Waals surface area contributed by atoms with E-state index in [2.05, 4.69) is 23.5 Å². The lowest BCUT2D eigenvalue weighted by atomic mass is 10.1. The zero-order chi connectivity index (χ0) is 14.1. The van der Waals surface area contributed by atoms with Crippen LogP contribution in [0.2, 0.25) is 4.34 Å². The van der Waals surface area contributed by atoms with Gasteiger partial charge < -0.3 is 10.1 Å². The van der Waals surface area contributed by atoms with Gasteiger partial charge in [-0.1, -0.05) is 11.6 Å². The highest BCUT2D eigenvalue weighted by molar-refractivity contribution is 7.16. The SMILES string of the molecule is CC(C)Oc1ccc(NC2CCc3sc(Cl)cc32)cc1. The first-order valence-electron chi connectivity index (χ1n) is 6.93. The number of hydrogen-bond donors (Lipinski definition) is 1. The van der Waals surface area contributed by atoms with Gasteiger partial charge in [-0.3, -0.25) is 0 Å². The molecule has 1 unspecified atom stereocenters. The molecule has 3 rings (SSSR count). The molecule has 1 aromatic carbocycles. The minimum absolute atomic E-state index is 0.208. The maximum atomic E-state index is 6.09. The summed E-state index contributed by atoms with van der Waals surface area (Å²) in [5.74, 6) is 0.913. The molecule has 106 valence electrons. The molecule has 1 heterocycles. The van der Waals surface area contributed by atoms with Crippen molar-refractivity contribution in [1.29, 1.82) is 0 Å². The summed E-state index contributed by atoms with van der Waals surface area (Å²) in [6, 6.07) is 10.7. The molecule has 1 aliphatic rings. The van der Waals surface area contributed by atoms with Crippen LogP contribution in [0.4, 0.5) is 5.69 Å². The molecule has 0 radical (unpaired) electrons. The third-order valence-electron chi connectivity index (χ3n) is 3.41. The van der Waals surface area contributed by atoms with Crippen molar-refractivity contribution in [2.75, 3.05) is 5.32 Å². The standard InChI is InChI=1S/C16H18ClNOS/c1-10(2)19-12-5-3-11(4-6-12)18-14-7-8-15-13(14)9-16(17)20-15/h3-6,9-10,14,18H,7-8H2,1-2H3. The van der Waals surface area contributed by atoms with Crippen LogP contribution in [0.5, 0.6) is 5.75 Å². The molecule has 1 N–H and O–H groups in total. The quantitative estimate of drug-likeness (QED) is 0.829. The van der Waals surface area contributed by atoms with Crippen LogP contribution in [0.15, 0.2) is 30.3 Å². The third-order valence-corrected chi connectivity index (χ3v) is 4.75. The second kappa shape index (κ2) is 5.66. The molecule has 0 aliphatic heterocycles. The largest absolute Gasteiger partial charge is 0.491 e. The molecular formula is C16H18ClNOS. The Morgan fingerprint density at radius 3 is 2.75 bits per heavy atom. The van der Waals surface area contributed by atoms with Crippen molar-refractivity contribution in [1.82, 2.24) is 0 Å². The summed E-state index contributed by atoms with van der Waals surface area (Å²) in [7, 11) is 0. The first kappa shape index (κ1) is 13.8. The first-order valence-corrected chi connectivity index (χ1v) is 8.12. The smallest absolute Gasteiger partial charge is 0.119 e. The third kappa shape index (κ3) is 2.94. The highest BCUT2D eigenvalue weighted by atomic mass is 35.5. The molecule has 1 aromatic heterocycles. The molecule has 1 atom stereocenters. The Bertz CT molecular complexity index is 591. The number of hydrogen-bond acceptors (Lipinski definition) is 3. The number of fused-ring (bicyclic) bond motifs is 1. The zero-order valence-corrected chi connectivity index (χ0v) is 13.2. The van der Waals surface area contributed by atoms with E-state index in [1.807, 2.05) is 26.0 Å². The van der Waals surface area contributed by atoms with Gasteiger partial charge in [-0.05, 0) is 62.6 Å². The molecule has 0 saturated heterocycles. The van der Waals surface area contributed by atoms with E-state index in [1.54, 1.807) is 11.3 Å². The van der Waals surface area contributed by atoms with Crippen LogP contribution in [0, 0.1) is 0 Å². The van der Waals surface area contributed by atoms with Crippen molar-refractivity contribution in [3.63, 3.8) is 0 Å². The fourth-order valence-electron chi connectivity index (χ4n) is 2.58. The second-order valence-corrected chi connectivity index (χ2v) is 7.12. The predicted molar refractivity (Wildman–Crippen MR) is 86.2 cm³/mol. The molecular weight excluding hydrogens is 290 g/mol. The summed E-state index contributed by atoms with van der Waals surface area (Å²) in [6.07, 6.45) is 2.47. The Kier molecular flexibility index (Phi) is 3.90. The van der Waals surface area contributed by atoms with Crippen LogP contribution in [0.1, 0.15) is 36.8 Å². The lowest BCUT2D eigenvalue weighted by molar-refractivity contribution is 0.242. The van der Waals surface area contributed by atoms with Gasteiger partial charge in [0.15, 0.2) is 0 Å². The summed E-state index contributed by atoms with van der Waals surface area (Å²) in [6.45, 7) is 4.07.